The van der Waals surface area contributed by atoms with E-state index in [0.717, 1.165) is 17.7 Å². The lowest BCUT2D eigenvalue weighted by Gasteiger charge is -2.13. The highest BCUT2D eigenvalue weighted by molar-refractivity contribution is 6.36. The molecule has 4 heteroatoms. The Hall–Kier alpha value is -0.700. The Morgan fingerprint density at radius 2 is 2.24 bits per heavy atom. The molecular formula is C13H17Cl2NO. The van der Waals surface area contributed by atoms with Gasteiger partial charge >= 0.3 is 0 Å². The monoisotopic (exact) mass is 273 g/mol. The van der Waals surface area contributed by atoms with Crippen molar-refractivity contribution in [2.24, 2.45) is 5.73 Å². The molecule has 0 saturated heterocycles. The summed E-state index contributed by atoms with van der Waals surface area (Å²) in [5, 5.41) is 0.471. The minimum absolute atomic E-state index is 0.0955. The summed E-state index contributed by atoms with van der Waals surface area (Å²) in [5.41, 5.74) is 9.40. The molecule has 0 aromatic heterocycles. The summed E-state index contributed by atoms with van der Waals surface area (Å²) in [7, 11) is 0. The van der Waals surface area contributed by atoms with Crippen LogP contribution in [-0.2, 0) is 6.42 Å². The maximum absolute atomic E-state index is 5.81. The third-order valence-electron chi connectivity index (χ3n) is 2.24. The molecule has 94 valence electrons. The second-order valence-corrected chi connectivity index (χ2v) is 4.84. The van der Waals surface area contributed by atoms with Crippen LogP contribution in [0.4, 0.5) is 0 Å². The van der Waals surface area contributed by atoms with Gasteiger partial charge in [-0.15, -0.1) is 0 Å². The summed E-state index contributed by atoms with van der Waals surface area (Å²) in [5.74, 6) is 0.810. The van der Waals surface area contributed by atoms with E-state index in [0.29, 0.717) is 5.03 Å². The zero-order valence-corrected chi connectivity index (χ0v) is 11.6. The largest absolute Gasteiger partial charge is 0.488 e. The van der Waals surface area contributed by atoms with E-state index in [2.05, 4.69) is 6.07 Å². The van der Waals surface area contributed by atoms with Gasteiger partial charge in [0.25, 0.3) is 0 Å². The number of rotatable bonds is 5. The van der Waals surface area contributed by atoms with Crippen molar-refractivity contribution in [3.05, 3.63) is 39.9 Å². The normalized spacial score (nSPS) is 13.6. The van der Waals surface area contributed by atoms with Crippen LogP contribution in [0.1, 0.15) is 18.1 Å². The molecule has 0 amide bonds. The maximum Gasteiger partial charge on any atom is 0.125 e. The molecule has 2 nitrogen and oxygen atoms in total. The van der Waals surface area contributed by atoms with Crippen molar-refractivity contribution in [3.8, 4) is 5.75 Å². The highest BCUT2D eigenvalue weighted by Gasteiger charge is 2.07. The Labute approximate surface area is 112 Å². The van der Waals surface area contributed by atoms with E-state index in [9.17, 15) is 0 Å². The Morgan fingerprint density at radius 3 is 2.82 bits per heavy atom. The van der Waals surface area contributed by atoms with Gasteiger partial charge in [0.05, 0.1) is 5.03 Å². The van der Waals surface area contributed by atoms with Gasteiger partial charge < -0.3 is 10.5 Å². The minimum Gasteiger partial charge on any atom is -0.488 e. The Morgan fingerprint density at radius 1 is 1.53 bits per heavy atom. The Bertz CT molecular complexity index is 402. The van der Waals surface area contributed by atoms with Gasteiger partial charge in [-0.2, -0.15) is 0 Å². The van der Waals surface area contributed by atoms with E-state index in [1.54, 1.807) is 0 Å². The second-order valence-electron chi connectivity index (χ2n) is 4.14. The molecule has 0 aliphatic heterocycles. The number of ether oxygens (including phenoxy) is 1. The van der Waals surface area contributed by atoms with Gasteiger partial charge in [0.1, 0.15) is 12.4 Å². The van der Waals surface area contributed by atoms with E-state index in [4.69, 9.17) is 33.7 Å². The summed E-state index contributed by atoms with van der Waals surface area (Å²) >= 11 is 11.3. The van der Waals surface area contributed by atoms with Crippen molar-refractivity contribution in [2.75, 3.05) is 6.61 Å². The first-order valence-corrected chi connectivity index (χ1v) is 6.27. The van der Waals surface area contributed by atoms with Crippen LogP contribution in [0.25, 0.3) is 0 Å². The molecule has 2 N–H and O–H groups in total. The summed E-state index contributed by atoms with van der Waals surface area (Å²) in [6.07, 6.45) is 0.777. The van der Waals surface area contributed by atoms with Gasteiger partial charge in [0, 0.05) is 11.6 Å². The summed E-state index contributed by atoms with van der Waals surface area (Å²) < 4.78 is 5.61. The lowest BCUT2D eigenvalue weighted by molar-refractivity contribution is 0.354. The van der Waals surface area contributed by atoms with Crippen LogP contribution in [0, 0.1) is 6.92 Å². The van der Waals surface area contributed by atoms with Gasteiger partial charge in [-0.1, -0.05) is 40.9 Å². The van der Waals surface area contributed by atoms with Crippen LogP contribution in [0.3, 0.4) is 0 Å². The first-order chi connectivity index (χ1) is 8.02. The molecule has 0 aliphatic carbocycles. The molecule has 1 atom stereocenters. The van der Waals surface area contributed by atoms with Crippen LogP contribution in [0.5, 0.6) is 5.75 Å². The number of aryl methyl sites for hydroxylation is 1. The van der Waals surface area contributed by atoms with E-state index >= 15 is 0 Å². The molecule has 0 fully saturated rings. The third kappa shape index (κ3) is 4.99. The van der Waals surface area contributed by atoms with Crippen molar-refractivity contribution in [1.82, 2.24) is 0 Å². The van der Waals surface area contributed by atoms with E-state index in [-0.39, 0.29) is 12.6 Å². The van der Waals surface area contributed by atoms with Gasteiger partial charge in [0.2, 0.25) is 0 Å². The summed E-state index contributed by atoms with van der Waals surface area (Å²) in [6.45, 7) is 4.29. The van der Waals surface area contributed by atoms with Gasteiger partial charge in [-0.05, 0) is 31.9 Å². The Balaban J connectivity index is 2.82. The van der Waals surface area contributed by atoms with Gasteiger partial charge in [0.15, 0.2) is 0 Å². The van der Waals surface area contributed by atoms with Crippen LogP contribution >= 0.6 is 23.2 Å². The predicted octanol–water partition coefficient (Wildman–Crippen LogP) is 3.58. The Kier molecular flexibility index (Phi) is 5.83. The van der Waals surface area contributed by atoms with Crippen molar-refractivity contribution in [2.45, 2.75) is 26.3 Å². The molecule has 1 aromatic rings. The third-order valence-corrected chi connectivity index (χ3v) is 2.84. The number of hydrogen-bond acceptors (Lipinski definition) is 2. The predicted molar refractivity (Wildman–Crippen MR) is 73.8 cm³/mol. The summed E-state index contributed by atoms with van der Waals surface area (Å²) in [6, 6.07) is 6.11. The molecular weight excluding hydrogens is 257 g/mol. The smallest absolute Gasteiger partial charge is 0.125 e. The number of nitrogens with two attached hydrogens (primary N) is 1. The highest BCUT2D eigenvalue weighted by atomic mass is 35.5. The zero-order chi connectivity index (χ0) is 12.8. The van der Waals surface area contributed by atoms with E-state index in [1.165, 1.54) is 11.1 Å². The van der Waals surface area contributed by atoms with Crippen LogP contribution in [0.2, 0.25) is 0 Å². The SMILES string of the molecule is Cc1ccc(OCC(Cl)=CCl)c(CC(C)N)c1. The average molecular weight is 274 g/mol. The molecule has 0 bridgehead atoms. The second kappa shape index (κ2) is 6.90. The van der Waals surface area contributed by atoms with Gasteiger partial charge in [-0.3, -0.25) is 0 Å². The first-order valence-electron chi connectivity index (χ1n) is 5.45. The quantitative estimate of drug-likeness (QED) is 0.890. The van der Waals surface area contributed by atoms with Crippen molar-refractivity contribution < 1.29 is 4.74 Å². The van der Waals surface area contributed by atoms with Crippen molar-refractivity contribution in [3.63, 3.8) is 0 Å². The van der Waals surface area contributed by atoms with Crippen molar-refractivity contribution >= 4 is 23.2 Å². The molecule has 17 heavy (non-hydrogen) atoms. The fourth-order valence-electron chi connectivity index (χ4n) is 1.53. The lowest BCUT2D eigenvalue weighted by Crippen LogP contribution is -2.18. The minimum atomic E-state index is 0.0955. The molecule has 0 aliphatic rings. The average Bonchev–Trinajstić information content (AvgIpc) is 2.26. The number of benzene rings is 1. The maximum atomic E-state index is 5.81. The fourth-order valence-corrected chi connectivity index (χ4v) is 1.65. The zero-order valence-electron chi connectivity index (χ0n) is 10.0. The first kappa shape index (κ1) is 14.4. The van der Waals surface area contributed by atoms with Crippen LogP contribution in [0.15, 0.2) is 28.8 Å². The molecule has 1 aromatic carbocycles. The number of halogens is 2. The molecule has 0 radical (unpaired) electrons. The van der Waals surface area contributed by atoms with Gasteiger partial charge in [-0.25, -0.2) is 0 Å². The number of hydrogen-bond donors (Lipinski definition) is 1. The lowest BCUT2D eigenvalue weighted by atomic mass is 10.0. The molecule has 0 saturated carbocycles. The van der Waals surface area contributed by atoms with E-state index < -0.39 is 0 Å². The molecule has 1 rings (SSSR count). The summed E-state index contributed by atoms with van der Waals surface area (Å²) in [4.78, 5) is 0. The van der Waals surface area contributed by atoms with Crippen molar-refractivity contribution in [1.29, 1.82) is 0 Å². The van der Waals surface area contributed by atoms with Crippen LogP contribution in [-0.4, -0.2) is 12.6 Å². The molecule has 0 heterocycles. The topological polar surface area (TPSA) is 35.2 Å². The fraction of sp³-hybridized carbons (Fsp3) is 0.385. The van der Waals surface area contributed by atoms with Crippen LogP contribution < -0.4 is 10.5 Å². The van der Waals surface area contributed by atoms with E-state index in [1.807, 2.05) is 26.0 Å². The molecule has 1 unspecified atom stereocenters. The molecule has 0 spiro atoms. The standard InChI is InChI=1S/C13H17Cl2NO/c1-9-3-4-13(17-8-12(15)7-14)11(5-9)6-10(2)16/h3-5,7,10H,6,8,16H2,1-2H3. The highest BCUT2D eigenvalue weighted by Crippen LogP contribution is 2.22.